The van der Waals surface area contributed by atoms with Crippen molar-refractivity contribution in [2.45, 2.75) is 6.54 Å². The molecule has 0 atom stereocenters. The van der Waals surface area contributed by atoms with Gasteiger partial charge in [-0.15, -0.1) is 0 Å². The van der Waals surface area contributed by atoms with E-state index in [9.17, 15) is 0 Å². The van der Waals surface area contributed by atoms with Gasteiger partial charge in [0.05, 0.1) is 19.3 Å². The quantitative estimate of drug-likeness (QED) is 0.747. The van der Waals surface area contributed by atoms with Crippen molar-refractivity contribution in [1.29, 1.82) is 0 Å². The van der Waals surface area contributed by atoms with Gasteiger partial charge in [0.1, 0.15) is 5.52 Å². The summed E-state index contributed by atoms with van der Waals surface area (Å²) in [6.45, 7) is 0.469. The number of hydrogen-bond donors (Lipinski definition) is 1. The Morgan fingerprint density at radius 2 is 2.16 bits per heavy atom. The van der Waals surface area contributed by atoms with Crippen molar-refractivity contribution in [2.75, 3.05) is 12.8 Å². The zero-order valence-electron chi connectivity index (χ0n) is 10.3. The molecule has 7 nitrogen and oxygen atoms in total. The molecule has 0 aliphatic heterocycles. The third kappa shape index (κ3) is 2.05. The number of rotatable bonds is 3. The Labute approximate surface area is 109 Å². The number of nitrogens with zero attached hydrogens (tertiary/aromatic N) is 5. The predicted molar refractivity (Wildman–Crippen MR) is 69.6 cm³/mol. The van der Waals surface area contributed by atoms with Crippen LogP contribution in [0, 0.1) is 0 Å². The van der Waals surface area contributed by atoms with E-state index in [-0.39, 0.29) is 0 Å². The molecule has 0 saturated carbocycles. The highest BCUT2D eigenvalue weighted by Gasteiger charge is 2.11. The van der Waals surface area contributed by atoms with Gasteiger partial charge in [-0.1, -0.05) is 0 Å². The molecule has 0 amide bonds. The minimum atomic E-state index is 0.390. The van der Waals surface area contributed by atoms with Crippen LogP contribution in [0.5, 0.6) is 5.88 Å². The normalized spacial score (nSPS) is 10.8. The van der Waals surface area contributed by atoms with E-state index < -0.39 is 0 Å². The fourth-order valence-corrected chi connectivity index (χ4v) is 1.85. The van der Waals surface area contributed by atoms with Gasteiger partial charge < -0.3 is 10.5 Å². The highest BCUT2D eigenvalue weighted by atomic mass is 16.5. The fourth-order valence-electron chi connectivity index (χ4n) is 1.85. The maximum atomic E-state index is 5.92. The zero-order chi connectivity index (χ0) is 13.2. The van der Waals surface area contributed by atoms with Crippen LogP contribution in [0.2, 0.25) is 0 Å². The molecule has 2 N–H and O–H groups in total. The van der Waals surface area contributed by atoms with Crippen molar-refractivity contribution < 1.29 is 4.74 Å². The third-order valence-corrected chi connectivity index (χ3v) is 2.75. The summed E-state index contributed by atoms with van der Waals surface area (Å²) in [6.07, 6.45) is 1.63. The average Bonchev–Trinajstić information content (AvgIpc) is 2.76. The SMILES string of the molecule is COc1ccc2nc(N)n(Cc3cccnn3)c2n1. The summed E-state index contributed by atoms with van der Waals surface area (Å²) in [5.41, 5.74) is 8.10. The molecule has 0 aliphatic rings. The van der Waals surface area contributed by atoms with E-state index in [1.807, 2.05) is 18.2 Å². The number of nitrogens with two attached hydrogens (primary N) is 1. The molecule has 3 rings (SSSR count). The Bertz CT molecular complexity index is 709. The molecule has 0 bridgehead atoms. The highest BCUT2D eigenvalue weighted by molar-refractivity contribution is 5.74. The van der Waals surface area contributed by atoms with Crippen LogP contribution in [0.1, 0.15) is 5.69 Å². The number of imidazole rings is 1. The lowest BCUT2D eigenvalue weighted by Gasteiger charge is -2.05. The molecule has 0 unspecified atom stereocenters. The van der Waals surface area contributed by atoms with E-state index in [0.29, 0.717) is 24.0 Å². The molecule has 0 saturated heterocycles. The fraction of sp³-hybridized carbons (Fsp3) is 0.167. The van der Waals surface area contributed by atoms with E-state index in [1.54, 1.807) is 23.9 Å². The highest BCUT2D eigenvalue weighted by Crippen LogP contribution is 2.19. The molecular weight excluding hydrogens is 244 g/mol. The van der Waals surface area contributed by atoms with Crippen molar-refractivity contribution in [3.8, 4) is 5.88 Å². The lowest BCUT2D eigenvalue weighted by molar-refractivity contribution is 0.399. The monoisotopic (exact) mass is 256 g/mol. The van der Waals surface area contributed by atoms with Crippen LogP contribution in [0.3, 0.4) is 0 Å². The molecular formula is C12H12N6O. The largest absolute Gasteiger partial charge is 0.481 e. The summed E-state index contributed by atoms with van der Waals surface area (Å²) in [5.74, 6) is 0.911. The van der Waals surface area contributed by atoms with Crippen molar-refractivity contribution >= 4 is 17.1 Å². The first-order chi connectivity index (χ1) is 9.28. The van der Waals surface area contributed by atoms with Crippen molar-refractivity contribution in [3.05, 3.63) is 36.2 Å². The molecule has 3 aromatic heterocycles. The number of methoxy groups -OCH3 is 1. The summed E-state index contributed by atoms with van der Waals surface area (Å²) in [5, 5.41) is 7.87. The Balaban J connectivity index is 2.09. The van der Waals surface area contributed by atoms with E-state index in [1.165, 1.54) is 0 Å². The predicted octanol–water partition coefficient (Wildman–Crippen LogP) is 0.860. The first-order valence-electron chi connectivity index (χ1n) is 5.71. The molecule has 3 aromatic rings. The smallest absolute Gasteiger partial charge is 0.215 e. The number of fused-ring (bicyclic) bond motifs is 1. The molecule has 0 spiro atoms. The van der Waals surface area contributed by atoms with Gasteiger partial charge in [-0.3, -0.25) is 4.57 Å². The van der Waals surface area contributed by atoms with E-state index in [0.717, 1.165) is 11.2 Å². The second-order valence-electron chi connectivity index (χ2n) is 3.97. The van der Waals surface area contributed by atoms with Crippen molar-refractivity contribution in [3.63, 3.8) is 0 Å². The number of aromatic nitrogens is 5. The lowest BCUT2D eigenvalue weighted by Crippen LogP contribution is -2.07. The van der Waals surface area contributed by atoms with Crippen LogP contribution in [0.4, 0.5) is 5.95 Å². The number of pyridine rings is 1. The van der Waals surface area contributed by atoms with Crippen molar-refractivity contribution in [1.82, 2.24) is 24.7 Å². The number of anilines is 1. The minimum absolute atomic E-state index is 0.390. The summed E-state index contributed by atoms with van der Waals surface area (Å²) >= 11 is 0. The van der Waals surface area contributed by atoms with Crippen LogP contribution >= 0.6 is 0 Å². The van der Waals surface area contributed by atoms with Gasteiger partial charge in [-0.25, -0.2) is 4.98 Å². The maximum absolute atomic E-state index is 5.92. The Hall–Kier alpha value is -2.70. The first-order valence-corrected chi connectivity index (χ1v) is 5.71. The van der Waals surface area contributed by atoms with Gasteiger partial charge in [-0.2, -0.15) is 15.2 Å². The van der Waals surface area contributed by atoms with Crippen LogP contribution in [-0.2, 0) is 6.54 Å². The third-order valence-electron chi connectivity index (χ3n) is 2.75. The molecule has 0 radical (unpaired) electrons. The Morgan fingerprint density at radius 1 is 1.26 bits per heavy atom. The lowest BCUT2D eigenvalue weighted by atomic mass is 10.4. The topological polar surface area (TPSA) is 91.7 Å². The number of hydrogen-bond acceptors (Lipinski definition) is 6. The van der Waals surface area contributed by atoms with Gasteiger partial charge >= 0.3 is 0 Å². The molecule has 0 aromatic carbocycles. The molecule has 7 heteroatoms. The molecule has 3 heterocycles. The maximum Gasteiger partial charge on any atom is 0.215 e. The van der Waals surface area contributed by atoms with E-state index in [2.05, 4.69) is 20.2 Å². The summed E-state index contributed by atoms with van der Waals surface area (Å²) in [7, 11) is 1.57. The van der Waals surface area contributed by atoms with Gasteiger partial charge in [0.25, 0.3) is 0 Å². The van der Waals surface area contributed by atoms with Crippen LogP contribution < -0.4 is 10.5 Å². The summed E-state index contributed by atoms with van der Waals surface area (Å²) < 4.78 is 6.90. The summed E-state index contributed by atoms with van der Waals surface area (Å²) in [6, 6.07) is 7.27. The standard InChI is InChI=1S/C12H12N6O/c1-19-10-5-4-9-11(16-10)18(12(13)15-9)7-8-3-2-6-14-17-8/h2-6H,7H2,1H3,(H2,13,15). The van der Waals surface area contributed by atoms with E-state index >= 15 is 0 Å². The molecule has 0 aliphatic carbocycles. The second kappa shape index (κ2) is 4.52. The van der Waals surface area contributed by atoms with Gasteiger partial charge in [0, 0.05) is 12.3 Å². The summed E-state index contributed by atoms with van der Waals surface area (Å²) in [4.78, 5) is 8.62. The van der Waals surface area contributed by atoms with Gasteiger partial charge in [0.15, 0.2) is 5.65 Å². The first kappa shape index (κ1) is 11.4. The number of ether oxygens (including phenoxy) is 1. The van der Waals surface area contributed by atoms with Crippen molar-refractivity contribution in [2.24, 2.45) is 0 Å². The van der Waals surface area contributed by atoms with Gasteiger partial charge in [-0.05, 0) is 18.2 Å². The average molecular weight is 256 g/mol. The van der Waals surface area contributed by atoms with Crippen LogP contribution in [-0.4, -0.2) is 31.8 Å². The zero-order valence-corrected chi connectivity index (χ0v) is 10.3. The number of nitrogen functional groups attached to an aromatic ring is 1. The molecule has 0 fully saturated rings. The molecule has 96 valence electrons. The molecule has 19 heavy (non-hydrogen) atoms. The van der Waals surface area contributed by atoms with Crippen LogP contribution in [0.25, 0.3) is 11.2 Å². The van der Waals surface area contributed by atoms with Crippen LogP contribution in [0.15, 0.2) is 30.5 Å². The minimum Gasteiger partial charge on any atom is -0.481 e. The Morgan fingerprint density at radius 3 is 2.89 bits per heavy atom. The van der Waals surface area contributed by atoms with Gasteiger partial charge in [0.2, 0.25) is 11.8 Å². The Kier molecular flexibility index (Phi) is 2.71. The van der Waals surface area contributed by atoms with E-state index in [4.69, 9.17) is 10.5 Å². The second-order valence-corrected chi connectivity index (χ2v) is 3.97.